The summed E-state index contributed by atoms with van der Waals surface area (Å²) >= 11 is 0. The number of benzene rings is 1. The number of hydrogen-bond donors (Lipinski definition) is 1. The van der Waals surface area contributed by atoms with Crippen LogP contribution in [0.25, 0.3) is 0 Å². The Morgan fingerprint density at radius 3 is 2.38 bits per heavy atom. The maximum atomic E-state index is 14.0. The molecule has 5 rings (SSSR count). The fourth-order valence-corrected chi connectivity index (χ4v) is 5.34. The highest BCUT2D eigenvalue weighted by molar-refractivity contribution is 5.95. The molecule has 0 unspecified atom stereocenters. The van der Waals surface area contributed by atoms with Crippen molar-refractivity contribution >= 4 is 11.7 Å². The van der Waals surface area contributed by atoms with Crippen LogP contribution in [0.15, 0.2) is 24.4 Å². The molecule has 3 heterocycles. The largest absolute Gasteiger partial charge is 0.455 e. The van der Waals surface area contributed by atoms with E-state index in [0.29, 0.717) is 62.4 Å². The van der Waals surface area contributed by atoms with Crippen molar-refractivity contribution in [2.75, 3.05) is 38.8 Å². The van der Waals surface area contributed by atoms with E-state index in [4.69, 9.17) is 9.47 Å². The normalized spacial score (nSPS) is 27.2. The molecule has 0 radical (unpaired) electrons. The van der Waals surface area contributed by atoms with Gasteiger partial charge in [-0.1, -0.05) is 0 Å². The Labute approximate surface area is 197 Å². The molecule has 0 bridgehead atoms. The number of ether oxygens (including phenoxy) is 2. The molecule has 1 aliphatic carbocycles. The van der Waals surface area contributed by atoms with E-state index in [1.807, 2.05) is 25.9 Å². The van der Waals surface area contributed by atoms with Gasteiger partial charge < -0.3 is 14.8 Å². The summed E-state index contributed by atoms with van der Waals surface area (Å²) in [6.07, 6.45) is 4.25. The van der Waals surface area contributed by atoms with E-state index in [9.17, 15) is 13.6 Å². The SMILES string of the molecule is Cc1nc(OC2COC2)ncc1N1CC2(CCC(c3cc(F)cc(F)c3)(N(C)C)CC2)NC1=O. The van der Waals surface area contributed by atoms with E-state index in [-0.39, 0.29) is 18.1 Å². The first-order valence-electron chi connectivity index (χ1n) is 11.5. The maximum Gasteiger partial charge on any atom is 0.322 e. The number of urea groups is 1. The third kappa shape index (κ3) is 3.98. The second kappa shape index (κ2) is 8.42. The minimum absolute atomic E-state index is 0.0330. The zero-order chi connectivity index (χ0) is 24.1. The summed E-state index contributed by atoms with van der Waals surface area (Å²) in [5.41, 5.74) is 1.00. The van der Waals surface area contributed by atoms with Crippen molar-refractivity contribution in [2.45, 2.75) is 49.8 Å². The highest BCUT2D eigenvalue weighted by Gasteiger charge is 2.50. The first-order chi connectivity index (χ1) is 16.2. The minimum Gasteiger partial charge on any atom is -0.455 e. The summed E-state index contributed by atoms with van der Waals surface area (Å²) in [6, 6.07) is 3.82. The summed E-state index contributed by atoms with van der Waals surface area (Å²) in [4.78, 5) is 25.4. The third-order valence-corrected chi connectivity index (χ3v) is 7.47. The van der Waals surface area contributed by atoms with E-state index < -0.39 is 22.7 Å². The highest BCUT2D eigenvalue weighted by Crippen LogP contribution is 2.46. The Kier molecular flexibility index (Phi) is 5.68. The quantitative estimate of drug-likeness (QED) is 0.719. The average molecular weight is 474 g/mol. The van der Waals surface area contributed by atoms with Gasteiger partial charge in [-0.3, -0.25) is 9.80 Å². The van der Waals surface area contributed by atoms with Gasteiger partial charge in [0, 0.05) is 11.6 Å². The molecule has 0 atom stereocenters. The summed E-state index contributed by atoms with van der Waals surface area (Å²) in [6.45, 7) is 3.36. The van der Waals surface area contributed by atoms with Crippen molar-refractivity contribution in [3.05, 3.63) is 47.3 Å². The lowest BCUT2D eigenvalue weighted by Gasteiger charge is -2.48. The van der Waals surface area contributed by atoms with Crippen LogP contribution in [0.1, 0.15) is 36.9 Å². The minimum atomic E-state index is -0.579. The Morgan fingerprint density at radius 1 is 1.15 bits per heavy atom. The van der Waals surface area contributed by atoms with Crippen molar-refractivity contribution in [3.63, 3.8) is 0 Å². The second-order valence-electron chi connectivity index (χ2n) is 9.78. The number of nitrogens with one attached hydrogen (secondary N) is 1. The first kappa shape index (κ1) is 22.9. The fourth-order valence-electron chi connectivity index (χ4n) is 5.34. The molecule has 182 valence electrons. The van der Waals surface area contributed by atoms with Crippen molar-refractivity contribution in [1.29, 1.82) is 0 Å². The molecule has 10 heteroatoms. The predicted octanol–water partition coefficient (Wildman–Crippen LogP) is 3.14. The lowest BCUT2D eigenvalue weighted by atomic mass is 9.69. The molecule has 2 amide bonds. The summed E-state index contributed by atoms with van der Waals surface area (Å²) in [7, 11) is 3.86. The van der Waals surface area contributed by atoms with Gasteiger partial charge in [-0.15, -0.1) is 0 Å². The first-order valence-corrected chi connectivity index (χ1v) is 11.5. The van der Waals surface area contributed by atoms with Crippen LogP contribution in [0.3, 0.4) is 0 Å². The average Bonchev–Trinajstić information content (AvgIpc) is 3.06. The van der Waals surface area contributed by atoms with Gasteiger partial charge >= 0.3 is 12.0 Å². The predicted molar refractivity (Wildman–Crippen MR) is 121 cm³/mol. The molecule has 1 aromatic heterocycles. The molecule has 2 saturated heterocycles. The van der Waals surface area contributed by atoms with E-state index >= 15 is 0 Å². The smallest absolute Gasteiger partial charge is 0.322 e. The van der Waals surface area contributed by atoms with Gasteiger partial charge in [-0.05, 0) is 64.4 Å². The lowest BCUT2D eigenvalue weighted by Crippen LogP contribution is -2.54. The van der Waals surface area contributed by atoms with Gasteiger partial charge in [-0.2, -0.15) is 4.98 Å². The van der Waals surface area contributed by atoms with E-state index in [1.165, 1.54) is 12.1 Å². The monoisotopic (exact) mass is 473 g/mol. The zero-order valence-corrected chi connectivity index (χ0v) is 19.6. The molecule has 3 aliphatic rings. The number of aryl methyl sites for hydroxylation is 1. The Hall–Kier alpha value is -2.85. The lowest BCUT2D eigenvalue weighted by molar-refractivity contribution is -0.0831. The number of aromatic nitrogens is 2. The molecule has 1 spiro atoms. The molecule has 1 saturated carbocycles. The molecule has 1 N–H and O–H groups in total. The zero-order valence-electron chi connectivity index (χ0n) is 19.6. The number of carbonyl (C=O) groups is 1. The van der Waals surface area contributed by atoms with Crippen molar-refractivity contribution in [2.24, 2.45) is 0 Å². The molecule has 8 nitrogen and oxygen atoms in total. The van der Waals surface area contributed by atoms with Gasteiger partial charge in [0.2, 0.25) is 0 Å². The van der Waals surface area contributed by atoms with E-state index in [2.05, 4.69) is 15.3 Å². The van der Waals surface area contributed by atoms with Crippen LogP contribution < -0.4 is 15.0 Å². The van der Waals surface area contributed by atoms with E-state index in [1.54, 1.807) is 11.1 Å². The molecular formula is C24H29F2N5O3. The Balaban J connectivity index is 1.33. The third-order valence-electron chi connectivity index (χ3n) is 7.47. The Bertz CT molecular complexity index is 1080. The molecule has 3 fully saturated rings. The van der Waals surface area contributed by atoms with Gasteiger partial charge in [0.25, 0.3) is 0 Å². The van der Waals surface area contributed by atoms with Crippen molar-refractivity contribution in [1.82, 2.24) is 20.2 Å². The van der Waals surface area contributed by atoms with E-state index in [0.717, 1.165) is 6.07 Å². The topological polar surface area (TPSA) is 79.8 Å². The Morgan fingerprint density at radius 2 is 1.82 bits per heavy atom. The number of hydrogen-bond acceptors (Lipinski definition) is 6. The van der Waals surface area contributed by atoms with Gasteiger partial charge in [0.05, 0.1) is 42.9 Å². The number of carbonyl (C=O) groups excluding carboxylic acids is 1. The molecule has 1 aromatic carbocycles. The van der Waals surface area contributed by atoms with Crippen LogP contribution in [0.2, 0.25) is 0 Å². The van der Waals surface area contributed by atoms with Crippen LogP contribution in [-0.2, 0) is 10.3 Å². The summed E-state index contributed by atoms with van der Waals surface area (Å²) in [5, 5.41) is 3.18. The van der Waals surface area contributed by atoms with Crippen LogP contribution in [0, 0.1) is 18.6 Å². The number of anilines is 1. The summed E-state index contributed by atoms with van der Waals surface area (Å²) in [5.74, 6) is -1.16. The number of halogens is 2. The van der Waals surface area contributed by atoms with Crippen LogP contribution in [0.5, 0.6) is 6.01 Å². The second-order valence-corrected chi connectivity index (χ2v) is 9.78. The van der Waals surface area contributed by atoms with Crippen molar-refractivity contribution in [3.8, 4) is 6.01 Å². The van der Waals surface area contributed by atoms with Gasteiger partial charge in [0.15, 0.2) is 0 Å². The number of nitrogens with zero attached hydrogens (tertiary/aromatic N) is 4. The van der Waals surface area contributed by atoms with Crippen LogP contribution in [0.4, 0.5) is 19.3 Å². The number of rotatable bonds is 5. The molecule has 2 aromatic rings. The van der Waals surface area contributed by atoms with Crippen LogP contribution in [-0.4, -0.2) is 66.4 Å². The number of amides is 2. The van der Waals surface area contributed by atoms with Crippen LogP contribution >= 0.6 is 0 Å². The molecular weight excluding hydrogens is 444 g/mol. The fraction of sp³-hybridized carbons (Fsp3) is 0.542. The van der Waals surface area contributed by atoms with Gasteiger partial charge in [0.1, 0.15) is 17.7 Å². The van der Waals surface area contributed by atoms with Crippen molar-refractivity contribution < 1.29 is 23.0 Å². The standard InChI is InChI=1S/C24H29F2N5O3/c1-15-20(11-27-21(28-15)34-19-12-33-13-19)31-14-23(29-22(31)32)4-6-24(7-5-23,30(2)3)16-8-17(25)10-18(26)9-16/h8-11,19H,4-7,12-14H2,1-3H3,(H,29,32). The summed E-state index contributed by atoms with van der Waals surface area (Å²) < 4.78 is 38.8. The maximum absolute atomic E-state index is 14.0. The van der Waals surface area contributed by atoms with Gasteiger partial charge in [-0.25, -0.2) is 18.6 Å². The molecule has 34 heavy (non-hydrogen) atoms. The molecule has 2 aliphatic heterocycles. The highest BCUT2D eigenvalue weighted by atomic mass is 19.1.